The van der Waals surface area contributed by atoms with Crippen LogP contribution in [0.4, 0.5) is 0 Å². The first kappa shape index (κ1) is 23.8. The van der Waals surface area contributed by atoms with Crippen molar-refractivity contribution in [3.05, 3.63) is 58.7 Å². The van der Waals surface area contributed by atoms with E-state index in [1.807, 2.05) is 0 Å². The normalized spacial score (nSPS) is 19.1. The Morgan fingerprint density at radius 1 is 1.18 bits per heavy atom. The number of ether oxygens (including phenoxy) is 3. The van der Waals surface area contributed by atoms with E-state index >= 15 is 0 Å². The third-order valence-electron chi connectivity index (χ3n) is 6.37. The minimum atomic E-state index is -0.838. The zero-order valence-corrected chi connectivity index (χ0v) is 19.8. The predicted octanol–water partition coefficient (Wildman–Crippen LogP) is 1.49. The van der Waals surface area contributed by atoms with Gasteiger partial charge in [0.2, 0.25) is 5.78 Å². The van der Waals surface area contributed by atoms with Gasteiger partial charge in [-0.3, -0.25) is 9.59 Å². The number of morpholine rings is 1. The van der Waals surface area contributed by atoms with Gasteiger partial charge in [-0.15, -0.1) is 0 Å². The van der Waals surface area contributed by atoms with E-state index in [1.54, 1.807) is 44.4 Å². The number of aliphatic hydroxyl groups excluding tert-OH is 1. The Kier molecular flexibility index (Phi) is 7.23. The summed E-state index contributed by atoms with van der Waals surface area (Å²) in [6.07, 6.45) is 0.707. The second-order valence-electron chi connectivity index (χ2n) is 8.48. The molecule has 0 bridgehead atoms. The van der Waals surface area contributed by atoms with E-state index in [9.17, 15) is 14.7 Å². The summed E-state index contributed by atoms with van der Waals surface area (Å²) in [5, 5.41) is 10.9. The molecule has 2 N–H and O–H groups in total. The third kappa shape index (κ3) is 4.67. The van der Waals surface area contributed by atoms with Crippen molar-refractivity contribution in [1.29, 1.82) is 0 Å². The van der Waals surface area contributed by atoms with Crippen LogP contribution in [0.5, 0.6) is 11.5 Å². The number of hydrogen-bond donors (Lipinski definition) is 2. The van der Waals surface area contributed by atoms with Gasteiger partial charge in [-0.05, 0) is 37.3 Å². The first-order valence-electron chi connectivity index (χ1n) is 11.4. The van der Waals surface area contributed by atoms with Gasteiger partial charge < -0.3 is 33.5 Å². The van der Waals surface area contributed by atoms with Gasteiger partial charge in [0.05, 0.1) is 45.6 Å². The van der Waals surface area contributed by atoms with E-state index in [-0.39, 0.29) is 11.3 Å². The van der Waals surface area contributed by atoms with Crippen LogP contribution in [-0.4, -0.2) is 75.3 Å². The molecule has 1 aromatic carbocycles. The fourth-order valence-corrected chi connectivity index (χ4v) is 4.59. The number of benzene rings is 1. The van der Waals surface area contributed by atoms with E-state index in [2.05, 4.69) is 0 Å². The Labute approximate surface area is 198 Å². The lowest BCUT2D eigenvalue weighted by Gasteiger charge is -2.29. The molecule has 0 saturated carbocycles. The largest absolute Gasteiger partial charge is 0.503 e. The molecule has 1 fully saturated rings. The molecule has 1 atom stereocenters. The summed E-state index contributed by atoms with van der Waals surface area (Å²) in [4.78, 5) is 29.6. The molecule has 182 valence electrons. The second kappa shape index (κ2) is 10.3. The van der Waals surface area contributed by atoms with Gasteiger partial charge in [0.25, 0.3) is 5.91 Å². The molecule has 0 unspecified atom stereocenters. The summed E-state index contributed by atoms with van der Waals surface area (Å²) >= 11 is 0. The van der Waals surface area contributed by atoms with Crippen molar-refractivity contribution in [3.8, 4) is 11.5 Å². The van der Waals surface area contributed by atoms with Crippen LogP contribution in [0.1, 0.15) is 34.3 Å². The Balaban J connectivity index is 1.69. The summed E-state index contributed by atoms with van der Waals surface area (Å²) in [5.74, 6) is -0.0146. The van der Waals surface area contributed by atoms with E-state index in [4.69, 9.17) is 18.6 Å². The summed E-state index contributed by atoms with van der Waals surface area (Å²) in [6.45, 7) is 6.26. The Morgan fingerprint density at radius 3 is 2.59 bits per heavy atom. The zero-order valence-electron chi connectivity index (χ0n) is 19.8. The van der Waals surface area contributed by atoms with Crippen LogP contribution in [0.3, 0.4) is 0 Å². The van der Waals surface area contributed by atoms with E-state index in [1.165, 1.54) is 16.9 Å². The number of nitrogens with zero attached hydrogens (tertiary/aromatic N) is 1. The van der Waals surface area contributed by atoms with Crippen molar-refractivity contribution in [2.24, 2.45) is 0 Å². The molecule has 3 heterocycles. The maximum absolute atomic E-state index is 13.4. The summed E-state index contributed by atoms with van der Waals surface area (Å²) in [5.41, 5.74) is 0.536. The zero-order chi connectivity index (χ0) is 24.2. The highest BCUT2D eigenvalue weighted by Gasteiger charge is 2.45. The van der Waals surface area contributed by atoms with Gasteiger partial charge >= 0.3 is 0 Å². The number of furan rings is 1. The van der Waals surface area contributed by atoms with Crippen molar-refractivity contribution < 1.29 is 38.2 Å². The number of quaternary nitrogens is 1. The minimum absolute atomic E-state index is 0.0235. The Morgan fingerprint density at radius 2 is 1.94 bits per heavy atom. The summed E-state index contributed by atoms with van der Waals surface area (Å²) in [7, 11) is 3.06. The molecule has 1 saturated heterocycles. The predicted molar refractivity (Wildman–Crippen MR) is 122 cm³/mol. The van der Waals surface area contributed by atoms with E-state index in [0.29, 0.717) is 35.8 Å². The second-order valence-corrected chi connectivity index (χ2v) is 8.48. The number of aliphatic hydroxyl groups is 1. The molecular weight excluding hydrogens is 440 g/mol. The van der Waals surface area contributed by atoms with Gasteiger partial charge in [0, 0.05) is 18.5 Å². The number of methoxy groups -OCH3 is 2. The van der Waals surface area contributed by atoms with Gasteiger partial charge in [-0.1, -0.05) is 0 Å². The standard InChI is InChI=1S/C25H30N2O7/c1-16-5-7-20(34-16)23(28)21-22(18-15-17(31-2)6-8-19(18)32-3)27(25(30)24(21)29)10-4-9-26-11-13-33-14-12-26/h5-8,15,22,29H,4,9-14H2,1-3H3/p+1/t22-/m0/s1. The first-order valence-corrected chi connectivity index (χ1v) is 11.4. The number of ketones is 1. The lowest BCUT2D eigenvalue weighted by Crippen LogP contribution is -3.14. The number of Topliss-reactive ketones (excluding diaryl/α,β-unsaturated/α-hetero) is 1. The number of carbonyl (C=O) groups is 2. The number of hydrogen-bond acceptors (Lipinski definition) is 7. The van der Waals surface area contributed by atoms with E-state index < -0.39 is 23.5 Å². The maximum Gasteiger partial charge on any atom is 0.290 e. The lowest BCUT2D eigenvalue weighted by atomic mass is 9.94. The fraction of sp³-hybridized carbons (Fsp3) is 0.440. The van der Waals surface area contributed by atoms with Crippen molar-refractivity contribution >= 4 is 11.7 Å². The van der Waals surface area contributed by atoms with Gasteiger partial charge in [0.1, 0.15) is 30.3 Å². The highest BCUT2D eigenvalue weighted by molar-refractivity contribution is 6.15. The van der Waals surface area contributed by atoms with Crippen LogP contribution < -0.4 is 14.4 Å². The molecule has 0 spiro atoms. The highest BCUT2D eigenvalue weighted by atomic mass is 16.5. The molecule has 0 radical (unpaired) electrons. The number of nitrogens with one attached hydrogen (secondary N) is 1. The van der Waals surface area contributed by atoms with Crippen molar-refractivity contribution in [3.63, 3.8) is 0 Å². The number of amides is 1. The molecule has 0 aliphatic carbocycles. The van der Waals surface area contributed by atoms with Crippen LogP contribution in [0.25, 0.3) is 0 Å². The summed E-state index contributed by atoms with van der Waals surface area (Å²) in [6, 6.07) is 7.58. The monoisotopic (exact) mass is 471 g/mol. The molecule has 4 rings (SSSR count). The minimum Gasteiger partial charge on any atom is -0.503 e. The van der Waals surface area contributed by atoms with Crippen LogP contribution in [0, 0.1) is 6.92 Å². The molecular formula is C25H31N2O7+. The van der Waals surface area contributed by atoms with Crippen molar-refractivity contribution in [2.45, 2.75) is 19.4 Å². The lowest BCUT2D eigenvalue weighted by molar-refractivity contribution is -0.908. The van der Waals surface area contributed by atoms with Crippen LogP contribution in [-0.2, 0) is 9.53 Å². The van der Waals surface area contributed by atoms with Crippen LogP contribution >= 0.6 is 0 Å². The van der Waals surface area contributed by atoms with Crippen molar-refractivity contribution in [2.75, 3.05) is 53.6 Å². The quantitative estimate of drug-likeness (QED) is 0.534. The molecule has 34 heavy (non-hydrogen) atoms. The molecule has 2 aliphatic rings. The SMILES string of the molecule is COc1ccc(OC)c([C@H]2C(C(=O)c3ccc(C)o3)=C(O)C(=O)N2CCC[NH+]2CCOCC2)c1. The van der Waals surface area contributed by atoms with Crippen LogP contribution in [0.2, 0.25) is 0 Å². The smallest absolute Gasteiger partial charge is 0.290 e. The highest BCUT2D eigenvalue weighted by Crippen LogP contribution is 2.43. The number of carbonyl (C=O) groups excluding carboxylic acids is 2. The van der Waals surface area contributed by atoms with Gasteiger partial charge in [0.15, 0.2) is 11.5 Å². The molecule has 1 aromatic heterocycles. The molecule has 2 aliphatic heterocycles. The Hall–Kier alpha value is -3.30. The summed E-state index contributed by atoms with van der Waals surface area (Å²) < 4.78 is 21.9. The van der Waals surface area contributed by atoms with Crippen LogP contribution in [0.15, 0.2) is 46.1 Å². The van der Waals surface area contributed by atoms with Crippen molar-refractivity contribution in [1.82, 2.24) is 4.90 Å². The maximum atomic E-state index is 13.4. The average Bonchev–Trinajstić information content (AvgIpc) is 3.40. The topological polar surface area (TPSA) is 103 Å². The van der Waals surface area contributed by atoms with Gasteiger partial charge in [-0.2, -0.15) is 0 Å². The molecule has 9 nitrogen and oxygen atoms in total. The molecule has 9 heteroatoms. The molecule has 1 amide bonds. The molecule has 2 aromatic rings. The Bertz CT molecular complexity index is 1080. The fourth-order valence-electron chi connectivity index (χ4n) is 4.59. The van der Waals surface area contributed by atoms with Gasteiger partial charge in [-0.25, -0.2) is 0 Å². The number of aryl methyl sites for hydroxylation is 1. The number of rotatable bonds is 9. The average molecular weight is 472 g/mol. The third-order valence-corrected chi connectivity index (χ3v) is 6.37. The van der Waals surface area contributed by atoms with E-state index in [0.717, 1.165) is 32.8 Å². The first-order chi connectivity index (χ1) is 16.4.